The largest absolute Gasteiger partial charge is 0.493 e. The first-order valence-electron chi connectivity index (χ1n) is 6.48. The molecule has 0 aliphatic heterocycles. The minimum Gasteiger partial charge on any atom is -0.493 e. The Kier molecular flexibility index (Phi) is 3.02. The van der Waals surface area contributed by atoms with E-state index in [1.165, 1.54) is 0 Å². The van der Waals surface area contributed by atoms with Crippen LogP contribution in [-0.2, 0) is 6.54 Å². The number of H-pyrrole nitrogens is 1. The van der Waals surface area contributed by atoms with Gasteiger partial charge >= 0.3 is 0 Å². The molecule has 0 aliphatic carbocycles. The second-order valence-electron chi connectivity index (χ2n) is 4.85. The van der Waals surface area contributed by atoms with Gasteiger partial charge < -0.3 is 5.11 Å². The fourth-order valence-electron chi connectivity index (χ4n) is 2.30. The van der Waals surface area contributed by atoms with Gasteiger partial charge in [-0.1, -0.05) is 30.3 Å². The molecule has 5 nitrogen and oxygen atoms in total. The Morgan fingerprint density at radius 2 is 1.95 bits per heavy atom. The highest BCUT2D eigenvalue weighted by Gasteiger charge is 2.17. The summed E-state index contributed by atoms with van der Waals surface area (Å²) in [4.78, 5) is 0. The van der Waals surface area contributed by atoms with Gasteiger partial charge in [0.15, 0.2) is 0 Å². The van der Waals surface area contributed by atoms with Crippen LogP contribution in [0, 0.1) is 13.8 Å². The number of nitrogens with zero attached hydrogens (tertiary/aromatic N) is 3. The first kappa shape index (κ1) is 12.5. The van der Waals surface area contributed by atoms with E-state index in [-0.39, 0.29) is 5.88 Å². The summed E-state index contributed by atoms with van der Waals surface area (Å²) in [7, 11) is 0. The van der Waals surface area contributed by atoms with Gasteiger partial charge in [0, 0.05) is 0 Å². The van der Waals surface area contributed by atoms with Gasteiger partial charge in [-0.15, -0.1) is 0 Å². The summed E-state index contributed by atoms with van der Waals surface area (Å²) in [5.41, 5.74) is 4.26. The maximum atomic E-state index is 10.4. The second kappa shape index (κ2) is 4.85. The van der Waals surface area contributed by atoms with Crippen LogP contribution in [0.1, 0.15) is 17.0 Å². The number of aryl methyl sites for hydroxylation is 2. The minimum atomic E-state index is 0.162. The van der Waals surface area contributed by atoms with Crippen LogP contribution in [0.2, 0.25) is 0 Å². The molecule has 102 valence electrons. The summed E-state index contributed by atoms with van der Waals surface area (Å²) in [5, 5.41) is 21.8. The van der Waals surface area contributed by atoms with Crippen molar-refractivity contribution in [2.75, 3.05) is 0 Å². The quantitative estimate of drug-likeness (QED) is 0.767. The van der Waals surface area contributed by atoms with Gasteiger partial charge in [-0.05, 0) is 25.5 Å². The molecule has 0 unspecified atom stereocenters. The van der Waals surface area contributed by atoms with E-state index in [1.54, 1.807) is 4.68 Å². The Bertz CT molecular complexity index is 728. The molecule has 0 atom stereocenters. The standard InChI is InChI=1S/C15H16N4O/c1-10-8-13(17-16-10)14-11(2)18-19(15(14)20)9-12-6-4-3-5-7-12/h3-8,20H,9H2,1-2H3,(H,16,17). The number of benzene rings is 1. The fraction of sp³-hybridized carbons (Fsp3) is 0.200. The van der Waals surface area contributed by atoms with Gasteiger partial charge in [-0.2, -0.15) is 10.2 Å². The Morgan fingerprint density at radius 3 is 2.60 bits per heavy atom. The minimum absolute atomic E-state index is 0.162. The molecule has 0 saturated heterocycles. The SMILES string of the molecule is Cc1cc(-c2c(C)nn(Cc3ccccc3)c2O)[nH]n1. The number of hydrogen-bond acceptors (Lipinski definition) is 3. The zero-order chi connectivity index (χ0) is 14.1. The van der Waals surface area contributed by atoms with Gasteiger partial charge in [0.1, 0.15) is 0 Å². The number of aromatic nitrogens is 4. The number of aromatic hydroxyl groups is 1. The average molecular weight is 268 g/mol. The molecule has 0 saturated carbocycles. The average Bonchev–Trinajstić information content (AvgIpc) is 2.96. The molecular weight excluding hydrogens is 252 g/mol. The number of nitrogens with one attached hydrogen (secondary N) is 1. The molecule has 3 rings (SSSR count). The Hall–Kier alpha value is -2.56. The fourth-order valence-corrected chi connectivity index (χ4v) is 2.30. The molecule has 0 bridgehead atoms. The molecule has 20 heavy (non-hydrogen) atoms. The van der Waals surface area contributed by atoms with Crippen LogP contribution < -0.4 is 0 Å². The highest BCUT2D eigenvalue weighted by molar-refractivity contribution is 5.67. The van der Waals surface area contributed by atoms with Crippen molar-refractivity contribution in [1.82, 2.24) is 20.0 Å². The van der Waals surface area contributed by atoms with Crippen molar-refractivity contribution in [2.24, 2.45) is 0 Å². The van der Waals surface area contributed by atoms with E-state index in [1.807, 2.05) is 50.2 Å². The first-order chi connectivity index (χ1) is 9.65. The zero-order valence-corrected chi connectivity index (χ0v) is 11.5. The summed E-state index contributed by atoms with van der Waals surface area (Å²) in [6, 6.07) is 11.8. The molecule has 1 aromatic carbocycles. The lowest BCUT2D eigenvalue weighted by Crippen LogP contribution is -2.01. The Balaban J connectivity index is 1.99. The molecular formula is C15H16N4O. The van der Waals surface area contributed by atoms with Gasteiger partial charge in [0.05, 0.1) is 29.2 Å². The van der Waals surface area contributed by atoms with Gasteiger partial charge in [0.2, 0.25) is 5.88 Å². The van der Waals surface area contributed by atoms with E-state index in [0.29, 0.717) is 12.1 Å². The van der Waals surface area contributed by atoms with Crippen LogP contribution in [-0.4, -0.2) is 25.1 Å². The van der Waals surface area contributed by atoms with Crippen LogP contribution in [0.4, 0.5) is 0 Å². The van der Waals surface area contributed by atoms with E-state index in [9.17, 15) is 5.11 Å². The van der Waals surface area contributed by atoms with E-state index in [2.05, 4.69) is 15.3 Å². The van der Waals surface area contributed by atoms with Crippen molar-refractivity contribution in [3.8, 4) is 17.1 Å². The van der Waals surface area contributed by atoms with Crippen LogP contribution in [0.5, 0.6) is 5.88 Å². The lowest BCUT2D eigenvalue weighted by atomic mass is 10.2. The molecule has 3 aromatic rings. The molecule has 0 fully saturated rings. The third-order valence-corrected chi connectivity index (χ3v) is 3.25. The van der Waals surface area contributed by atoms with Crippen molar-refractivity contribution < 1.29 is 5.11 Å². The zero-order valence-electron chi connectivity index (χ0n) is 11.5. The normalized spacial score (nSPS) is 10.9. The molecule has 2 heterocycles. The van der Waals surface area contributed by atoms with Crippen molar-refractivity contribution in [3.63, 3.8) is 0 Å². The molecule has 2 N–H and O–H groups in total. The van der Waals surface area contributed by atoms with E-state index >= 15 is 0 Å². The Morgan fingerprint density at radius 1 is 1.20 bits per heavy atom. The first-order valence-corrected chi connectivity index (χ1v) is 6.48. The number of hydrogen-bond donors (Lipinski definition) is 2. The summed E-state index contributed by atoms with van der Waals surface area (Å²) < 4.78 is 1.61. The molecule has 2 aromatic heterocycles. The monoisotopic (exact) mass is 268 g/mol. The van der Waals surface area contributed by atoms with Crippen LogP contribution in [0.25, 0.3) is 11.3 Å². The topological polar surface area (TPSA) is 66.7 Å². The lowest BCUT2D eigenvalue weighted by Gasteiger charge is -2.03. The van der Waals surface area contributed by atoms with Crippen LogP contribution >= 0.6 is 0 Å². The molecule has 0 aliphatic rings. The predicted molar refractivity (Wildman–Crippen MR) is 76.5 cm³/mol. The van der Waals surface area contributed by atoms with Crippen molar-refractivity contribution in [2.45, 2.75) is 20.4 Å². The van der Waals surface area contributed by atoms with E-state index in [0.717, 1.165) is 22.6 Å². The number of rotatable bonds is 3. The Labute approximate surface area is 116 Å². The molecule has 0 spiro atoms. The smallest absolute Gasteiger partial charge is 0.219 e. The third kappa shape index (κ3) is 2.18. The van der Waals surface area contributed by atoms with Crippen LogP contribution in [0.3, 0.4) is 0 Å². The summed E-state index contributed by atoms with van der Waals surface area (Å²) in [6.07, 6.45) is 0. The van der Waals surface area contributed by atoms with Gasteiger partial charge in [-0.3, -0.25) is 5.10 Å². The lowest BCUT2D eigenvalue weighted by molar-refractivity contribution is 0.410. The molecule has 5 heteroatoms. The highest BCUT2D eigenvalue weighted by atomic mass is 16.3. The maximum absolute atomic E-state index is 10.4. The van der Waals surface area contributed by atoms with Crippen molar-refractivity contribution >= 4 is 0 Å². The summed E-state index contributed by atoms with van der Waals surface area (Å²) in [5.74, 6) is 0.162. The van der Waals surface area contributed by atoms with Crippen LogP contribution in [0.15, 0.2) is 36.4 Å². The molecule has 0 radical (unpaired) electrons. The van der Waals surface area contributed by atoms with E-state index in [4.69, 9.17) is 0 Å². The molecule has 0 amide bonds. The third-order valence-electron chi connectivity index (χ3n) is 3.25. The van der Waals surface area contributed by atoms with Crippen molar-refractivity contribution in [1.29, 1.82) is 0 Å². The summed E-state index contributed by atoms with van der Waals surface area (Å²) in [6.45, 7) is 4.33. The van der Waals surface area contributed by atoms with E-state index < -0.39 is 0 Å². The van der Waals surface area contributed by atoms with Gasteiger partial charge in [-0.25, -0.2) is 4.68 Å². The summed E-state index contributed by atoms with van der Waals surface area (Å²) >= 11 is 0. The highest BCUT2D eigenvalue weighted by Crippen LogP contribution is 2.31. The number of aromatic amines is 1. The second-order valence-corrected chi connectivity index (χ2v) is 4.85. The van der Waals surface area contributed by atoms with Crippen molar-refractivity contribution in [3.05, 3.63) is 53.3 Å². The maximum Gasteiger partial charge on any atom is 0.219 e. The van der Waals surface area contributed by atoms with Gasteiger partial charge in [0.25, 0.3) is 0 Å². The predicted octanol–water partition coefficient (Wildman–Crippen LogP) is 2.64.